The van der Waals surface area contributed by atoms with Crippen LogP contribution in [0.5, 0.6) is 11.5 Å². The predicted octanol–water partition coefficient (Wildman–Crippen LogP) is 4.88. The summed E-state index contributed by atoms with van der Waals surface area (Å²) >= 11 is 0. The highest BCUT2D eigenvalue weighted by Gasteiger charge is 2.17. The van der Waals surface area contributed by atoms with Gasteiger partial charge in [0.15, 0.2) is 5.75 Å². The summed E-state index contributed by atoms with van der Waals surface area (Å²) in [5.41, 5.74) is 1.45. The van der Waals surface area contributed by atoms with Crippen molar-refractivity contribution in [3.8, 4) is 11.5 Å². The van der Waals surface area contributed by atoms with Crippen molar-refractivity contribution in [2.75, 3.05) is 7.11 Å². The lowest BCUT2D eigenvalue weighted by molar-refractivity contribution is -0.386. The largest absolute Gasteiger partial charge is 0.496 e. The average Bonchev–Trinajstić information content (AvgIpc) is 2.71. The molecule has 0 spiro atoms. The van der Waals surface area contributed by atoms with Crippen molar-refractivity contribution in [3.63, 3.8) is 0 Å². The number of nitro groups is 1. The highest BCUT2D eigenvalue weighted by atomic mass is 16.6. The first-order valence-corrected chi connectivity index (χ1v) is 8.39. The van der Waals surface area contributed by atoms with E-state index in [0.29, 0.717) is 5.75 Å². The number of hydrogen-bond acceptors (Lipinski definition) is 5. The van der Waals surface area contributed by atoms with Gasteiger partial charge in [-0.1, -0.05) is 42.5 Å². The highest BCUT2D eigenvalue weighted by Crippen LogP contribution is 2.32. The van der Waals surface area contributed by atoms with Gasteiger partial charge in [-0.05, 0) is 23.6 Å². The number of rotatable bonds is 5. The molecule has 0 N–H and O–H groups in total. The van der Waals surface area contributed by atoms with Crippen LogP contribution in [0.4, 0.5) is 5.69 Å². The van der Waals surface area contributed by atoms with E-state index in [2.05, 4.69) is 0 Å². The number of ether oxygens (including phenoxy) is 2. The van der Waals surface area contributed by atoms with Crippen molar-refractivity contribution in [2.24, 2.45) is 0 Å². The van der Waals surface area contributed by atoms with Crippen LogP contribution in [0.25, 0.3) is 21.7 Å². The number of benzene rings is 3. The molecule has 6 heteroatoms. The van der Waals surface area contributed by atoms with E-state index >= 15 is 0 Å². The van der Waals surface area contributed by atoms with E-state index in [1.165, 1.54) is 13.2 Å². The van der Waals surface area contributed by atoms with Gasteiger partial charge in [0.05, 0.1) is 29.3 Å². The minimum Gasteiger partial charge on any atom is -0.496 e. The smallest absolute Gasteiger partial charge is 0.314 e. The lowest BCUT2D eigenvalue weighted by Crippen LogP contribution is -2.02. The molecule has 3 aromatic carbocycles. The first kappa shape index (κ1) is 16.8. The number of aromatic nitrogens is 1. The molecular weight excluding hydrogens is 344 g/mol. The number of fused-ring (bicyclic) bond motifs is 3. The number of para-hydroxylation sites is 1. The quantitative estimate of drug-likeness (QED) is 0.288. The number of pyridine rings is 1. The Morgan fingerprint density at radius 3 is 2.41 bits per heavy atom. The van der Waals surface area contributed by atoms with Gasteiger partial charge in [0, 0.05) is 10.8 Å². The van der Waals surface area contributed by atoms with Gasteiger partial charge in [-0.2, -0.15) is 0 Å². The van der Waals surface area contributed by atoms with Crippen LogP contribution in [0, 0.1) is 10.1 Å². The molecule has 4 rings (SSSR count). The molecule has 0 saturated carbocycles. The van der Waals surface area contributed by atoms with Gasteiger partial charge in [0.1, 0.15) is 12.4 Å². The van der Waals surface area contributed by atoms with E-state index in [1.807, 2.05) is 48.5 Å². The minimum atomic E-state index is -0.482. The van der Waals surface area contributed by atoms with Crippen molar-refractivity contribution in [1.29, 1.82) is 0 Å². The summed E-state index contributed by atoms with van der Waals surface area (Å²) in [6.45, 7) is 0.124. The van der Waals surface area contributed by atoms with Crippen LogP contribution in [-0.2, 0) is 6.61 Å². The molecule has 4 aromatic rings. The Kier molecular flexibility index (Phi) is 4.30. The molecule has 0 aliphatic rings. The second-order valence-electron chi connectivity index (χ2n) is 6.00. The van der Waals surface area contributed by atoms with Crippen LogP contribution < -0.4 is 9.47 Å². The Labute approximate surface area is 155 Å². The Morgan fingerprint density at radius 1 is 0.963 bits per heavy atom. The third-order valence-electron chi connectivity index (χ3n) is 4.41. The Morgan fingerprint density at radius 2 is 1.67 bits per heavy atom. The molecule has 0 fully saturated rings. The van der Waals surface area contributed by atoms with Gasteiger partial charge in [0.2, 0.25) is 0 Å². The highest BCUT2D eigenvalue weighted by molar-refractivity contribution is 6.06. The summed E-state index contributed by atoms with van der Waals surface area (Å²) in [6.07, 6.45) is 0. The second kappa shape index (κ2) is 6.92. The lowest BCUT2D eigenvalue weighted by Gasteiger charge is -2.11. The van der Waals surface area contributed by atoms with Crippen molar-refractivity contribution in [1.82, 2.24) is 4.98 Å². The zero-order chi connectivity index (χ0) is 18.8. The topological polar surface area (TPSA) is 74.5 Å². The van der Waals surface area contributed by atoms with Gasteiger partial charge in [-0.25, -0.2) is 4.98 Å². The zero-order valence-corrected chi connectivity index (χ0v) is 14.6. The van der Waals surface area contributed by atoms with Gasteiger partial charge >= 0.3 is 5.69 Å². The molecule has 0 saturated heterocycles. The fourth-order valence-corrected chi connectivity index (χ4v) is 3.12. The normalized spacial score (nSPS) is 10.9. The zero-order valence-electron chi connectivity index (χ0n) is 14.6. The van der Waals surface area contributed by atoms with E-state index in [0.717, 1.165) is 27.4 Å². The SMILES string of the molecule is COc1ccc(OCc2nc3ccccc3c3ccccc23)c([N+](=O)[O-])c1. The van der Waals surface area contributed by atoms with Gasteiger partial charge < -0.3 is 9.47 Å². The van der Waals surface area contributed by atoms with Crippen molar-refractivity contribution in [2.45, 2.75) is 6.61 Å². The Bertz CT molecular complexity index is 1160. The molecule has 1 aromatic heterocycles. The second-order valence-corrected chi connectivity index (χ2v) is 6.00. The van der Waals surface area contributed by atoms with Crippen LogP contribution >= 0.6 is 0 Å². The molecule has 0 amide bonds. The van der Waals surface area contributed by atoms with Crippen LogP contribution in [-0.4, -0.2) is 17.0 Å². The molecule has 27 heavy (non-hydrogen) atoms. The summed E-state index contributed by atoms with van der Waals surface area (Å²) in [5.74, 6) is 0.586. The van der Waals surface area contributed by atoms with Crippen molar-refractivity contribution in [3.05, 3.63) is 82.5 Å². The van der Waals surface area contributed by atoms with E-state index in [9.17, 15) is 10.1 Å². The van der Waals surface area contributed by atoms with E-state index < -0.39 is 4.92 Å². The first-order valence-electron chi connectivity index (χ1n) is 8.39. The third kappa shape index (κ3) is 3.13. The Balaban J connectivity index is 1.75. The maximum Gasteiger partial charge on any atom is 0.314 e. The van der Waals surface area contributed by atoms with Gasteiger partial charge in [-0.3, -0.25) is 10.1 Å². The molecule has 134 valence electrons. The number of nitro benzene ring substituents is 1. The molecule has 0 atom stereocenters. The van der Waals surface area contributed by atoms with Crippen LogP contribution in [0.1, 0.15) is 5.69 Å². The molecule has 0 bridgehead atoms. The minimum absolute atomic E-state index is 0.124. The number of hydrogen-bond donors (Lipinski definition) is 0. The average molecular weight is 360 g/mol. The first-order chi connectivity index (χ1) is 13.2. The fraction of sp³-hybridized carbons (Fsp3) is 0.0952. The molecule has 0 radical (unpaired) electrons. The summed E-state index contributed by atoms with van der Waals surface area (Å²) in [6, 6.07) is 20.4. The summed E-state index contributed by atoms with van der Waals surface area (Å²) in [5, 5.41) is 14.4. The maximum absolute atomic E-state index is 11.3. The lowest BCUT2D eigenvalue weighted by atomic mass is 10.0. The van der Waals surface area contributed by atoms with Crippen molar-refractivity contribution < 1.29 is 14.4 Å². The molecule has 1 heterocycles. The van der Waals surface area contributed by atoms with Gasteiger partial charge in [-0.15, -0.1) is 0 Å². The Hall–Kier alpha value is -3.67. The predicted molar refractivity (Wildman–Crippen MR) is 103 cm³/mol. The third-order valence-corrected chi connectivity index (χ3v) is 4.41. The standard InChI is InChI=1S/C21H16N2O4/c1-26-14-10-11-21(20(12-14)23(24)25)27-13-19-17-8-3-2-6-15(17)16-7-4-5-9-18(16)22-19/h2-12H,13H2,1H3. The van der Waals surface area contributed by atoms with E-state index in [4.69, 9.17) is 14.5 Å². The summed E-state index contributed by atoms with van der Waals surface area (Å²) in [4.78, 5) is 15.6. The van der Waals surface area contributed by atoms with Crippen LogP contribution in [0.2, 0.25) is 0 Å². The maximum atomic E-state index is 11.3. The number of nitrogens with zero attached hydrogens (tertiary/aromatic N) is 2. The fourth-order valence-electron chi connectivity index (χ4n) is 3.12. The molecule has 0 aliphatic heterocycles. The molecule has 6 nitrogen and oxygen atoms in total. The summed E-state index contributed by atoms with van der Waals surface area (Å²) < 4.78 is 10.8. The molecule has 0 unspecified atom stereocenters. The van der Waals surface area contributed by atoms with Crippen LogP contribution in [0.3, 0.4) is 0 Å². The number of methoxy groups -OCH3 is 1. The van der Waals surface area contributed by atoms with Crippen LogP contribution in [0.15, 0.2) is 66.7 Å². The van der Waals surface area contributed by atoms with Gasteiger partial charge in [0.25, 0.3) is 0 Å². The molecular formula is C21H16N2O4. The molecule has 0 aliphatic carbocycles. The van der Waals surface area contributed by atoms with E-state index in [1.54, 1.807) is 12.1 Å². The van der Waals surface area contributed by atoms with Crippen molar-refractivity contribution >= 4 is 27.4 Å². The van der Waals surface area contributed by atoms with E-state index in [-0.39, 0.29) is 18.0 Å². The summed E-state index contributed by atoms with van der Waals surface area (Å²) in [7, 11) is 1.46. The monoisotopic (exact) mass is 360 g/mol.